The zero-order valence-electron chi connectivity index (χ0n) is 17.8. The number of fused-ring (bicyclic) bond motifs is 3. The molecule has 1 aromatic carbocycles. The summed E-state index contributed by atoms with van der Waals surface area (Å²) in [6, 6.07) is 15.3. The lowest BCUT2D eigenvalue weighted by molar-refractivity contribution is 0.159. The predicted octanol–water partition coefficient (Wildman–Crippen LogP) is 4.35. The Hall–Kier alpha value is -3.25. The van der Waals surface area contributed by atoms with Gasteiger partial charge in [-0.2, -0.15) is 5.10 Å². The molecule has 31 heavy (non-hydrogen) atoms. The Morgan fingerprint density at radius 2 is 1.90 bits per heavy atom. The van der Waals surface area contributed by atoms with Gasteiger partial charge in [0.25, 0.3) is 0 Å². The highest BCUT2D eigenvalue weighted by Crippen LogP contribution is 2.49. The molecule has 4 aromatic rings. The quantitative estimate of drug-likeness (QED) is 0.544. The van der Waals surface area contributed by atoms with Crippen LogP contribution in [0, 0.1) is 6.92 Å². The van der Waals surface area contributed by atoms with Crippen LogP contribution in [0.4, 0.5) is 11.4 Å². The Bertz CT molecular complexity index is 1240. The fourth-order valence-electron chi connectivity index (χ4n) is 5.30. The summed E-state index contributed by atoms with van der Waals surface area (Å²) < 4.78 is 0. The molecule has 0 saturated carbocycles. The van der Waals surface area contributed by atoms with Crippen molar-refractivity contribution in [3.05, 3.63) is 77.9 Å². The number of nitrogens with zero attached hydrogens (tertiary/aromatic N) is 5. The molecule has 0 radical (unpaired) electrons. The first-order chi connectivity index (χ1) is 15.2. The highest BCUT2D eigenvalue weighted by molar-refractivity contribution is 5.81. The maximum Gasteiger partial charge on any atom is 0.155 e. The molecule has 0 bridgehead atoms. The smallest absolute Gasteiger partial charge is 0.155 e. The summed E-state index contributed by atoms with van der Waals surface area (Å²) in [6.07, 6.45) is 8.04. The third-order valence-electron chi connectivity index (χ3n) is 7.12. The van der Waals surface area contributed by atoms with E-state index < -0.39 is 0 Å². The van der Waals surface area contributed by atoms with Crippen LogP contribution in [-0.2, 0) is 12.0 Å². The maximum atomic E-state index is 4.60. The number of rotatable bonds is 3. The molecule has 1 spiro atoms. The first-order valence-corrected chi connectivity index (χ1v) is 11.0. The summed E-state index contributed by atoms with van der Waals surface area (Å²) in [5.74, 6) is 0. The number of hydrogen-bond acceptors (Lipinski definition) is 5. The number of pyridine rings is 2. The van der Waals surface area contributed by atoms with Crippen molar-refractivity contribution in [2.45, 2.75) is 31.7 Å². The van der Waals surface area contributed by atoms with Crippen molar-refractivity contribution in [1.29, 1.82) is 0 Å². The second-order valence-corrected chi connectivity index (χ2v) is 8.93. The molecule has 6 nitrogen and oxygen atoms in total. The second kappa shape index (κ2) is 7.17. The number of aromatic amines is 1. The molecule has 3 aromatic heterocycles. The van der Waals surface area contributed by atoms with Gasteiger partial charge in [0.1, 0.15) is 0 Å². The van der Waals surface area contributed by atoms with Gasteiger partial charge in [0.2, 0.25) is 0 Å². The van der Waals surface area contributed by atoms with E-state index in [0.29, 0.717) is 0 Å². The molecule has 6 heteroatoms. The number of aromatic nitrogens is 4. The summed E-state index contributed by atoms with van der Waals surface area (Å²) in [5, 5.41) is 8.13. The van der Waals surface area contributed by atoms with Crippen molar-refractivity contribution in [3.8, 4) is 0 Å². The van der Waals surface area contributed by atoms with Gasteiger partial charge in [-0.05, 0) is 62.2 Å². The topological polar surface area (TPSA) is 60.9 Å². The van der Waals surface area contributed by atoms with E-state index in [9.17, 15) is 0 Å². The molecule has 0 unspecified atom stereocenters. The van der Waals surface area contributed by atoms with Gasteiger partial charge in [-0.3, -0.25) is 15.0 Å². The largest absolute Gasteiger partial charge is 0.339 e. The number of anilines is 2. The van der Waals surface area contributed by atoms with E-state index in [1.54, 1.807) is 0 Å². The van der Waals surface area contributed by atoms with E-state index in [1.807, 2.05) is 24.7 Å². The Balaban J connectivity index is 1.27. The molecule has 0 amide bonds. The van der Waals surface area contributed by atoms with Crippen molar-refractivity contribution in [1.82, 2.24) is 25.1 Å². The van der Waals surface area contributed by atoms with E-state index >= 15 is 0 Å². The molecule has 1 N–H and O–H groups in total. The fraction of sp³-hybridized carbons (Fsp3) is 0.320. The van der Waals surface area contributed by atoms with E-state index in [-0.39, 0.29) is 5.41 Å². The highest BCUT2D eigenvalue weighted by Gasteiger charge is 2.45. The standard InChI is InChI=1S/C25H26N6/c1-18-5-4-10-26-22(18)16-30-11-8-25(9-12-30)17-31(23-7-3-2-6-21(23)25)20-13-19-14-28-29-24(19)27-15-20/h2-7,10,13-15H,8-9,11-12,16-17H2,1H3,(H,27,28,29). The van der Waals surface area contributed by atoms with E-state index in [0.717, 1.165) is 55.7 Å². The van der Waals surface area contributed by atoms with Gasteiger partial charge in [-0.25, -0.2) is 4.98 Å². The summed E-state index contributed by atoms with van der Waals surface area (Å²) in [6.45, 7) is 6.29. The van der Waals surface area contributed by atoms with E-state index in [1.165, 1.54) is 22.5 Å². The van der Waals surface area contributed by atoms with Crippen LogP contribution in [0.1, 0.15) is 29.7 Å². The number of piperidine rings is 1. The molecular weight excluding hydrogens is 384 g/mol. The highest BCUT2D eigenvalue weighted by atomic mass is 15.2. The zero-order valence-corrected chi connectivity index (χ0v) is 17.8. The Labute approximate surface area is 181 Å². The molecule has 2 aliphatic heterocycles. The maximum absolute atomic E-state index is 4.60. The molecule has 1 saturated heterocycles. The van der Waals surface area contributed by atoms with Crippen LogP contribution < -0.4 is 4.90 Å². The van der Waals surface area contributed by atoms with Crippen LogP contribution in [-0.4, -0.2) is 44.7 Å². The zero-order chi connectivity index (χ0) is 20.8. The van der Waals surface area contributed by atoms with Crippen LogP contribution in [0.15, 0.2) is 61.1 Å². The van der Waals surface area contributed by atoms with E-state index in [4.69, 9.17) is 0 Å². The predicted molar refractivity (Wildman–Crippen MR) is 122 cm³/mol. The second-order valence-electron chi connectivity index (χ2n) is 8.93. The fourth-order valence-corrected chi connectivity index (χ4v) is 5.30. The monoisotopic (exact) mass is 410 g/mol. The van der Waals surface area contributed by atoms with Gasteiger partial charge in [-0.1, -0.05) is 24.3 Å². The van der Waals surface area contributed by atoms with Crippen LogP contribution in [0.3, 0.4) is 0 Å². The third kappa shape index (κ3) is 3.10. The molecule has 156 valence electrons. The third-order valence-corrected chi connectivity index (χ3v) is 7.12. The van der Waals surface area contributed by atoms with Gasteiger partial charge in [-0.15, -0.1) is 0 Å². The van der Waals surface area contributed by atoms with Gasteiger partial charge in [0, 0.05) is 35.8 Å². The summed E-state index contributed by atoms with van der Waals surface area (Å²) in [4.78, 5) is 14.2. The van der Waals surface area contributed by atoms with Crippen molar-refractivity contribution >= 4 is 22.4 Å². The average Bonchev–Trinajstić information content (AvgIpc) is 3.40. The lowest BCUT2D eigenvalue weighted by Crippen LogP contribution is -2.44. The van der Waals surface area contributed by atoms with E-state index in [2.05, 4.69) is 73.3 Å². The van der Waals surface area contributed by atoms with Crippen LogP contribution >= 0.6 is 0 Å². The van der Waals surface area contributed by atoms with Crippen molar-refractivity contribution < 1.29 is 0 Å². The molecule has 0 atom stereocenters. The summed E-state index contributed by atoms with van der Waals surface area (Å²) in [5.41, 5.74) is 7.46. The first kappa shape index (κ1) is 18.5. The number of hydrogen-bond donors (Lipinski definition) is 1. The number of para-hydroxylation sites is 1. The van der Waals surface area contributed by atoms with Crippen molar-refractivity contribution in [3.63, 3.8) is 0 Å². The van der Waals surface area contributed by atoms with Gasteiger partial charge < -0.3 is 4.90 Å². The molecule has 1 fully saturated rings. The van der Waals surface area contributed by atoms with Gasteiger partial charge in [0.15, 0.2) is 5.65 Å². The van der Waals surface area contributed by atoms with Gasteiger partial charge in [0.05, 0.1) is 23.8 Å². The molecular formula is C25H26N6. The number of benzene rings is 1. The number of H-pyrrole nitrogens is 1. The minimum Gasteiger partial charge on any atom is -0.339 e. The SMILES string of the molecule is Cc1cccnc1CN1CCC2(CC1)CN(c1cnc3[nH]ncc3c1)c1ccccc12. The molecule has 2 aliphatic rings. The van der Waals surface area contributed by atoms with Crippen molar-refractivity contribution in [2.24, 2.45) is 0 Å². The number of aryl methyl sites for hydroxylation is 1. The van der Waals surface area contributed by atoms with Crippen LogP contribution in [0.25, 0.3) is 11.0 Å². The van der Waals surface area contributed by atoms with Crippen LogP contribution in [0.5, 0.6) is 0 Å². The number of nitrogens with one attached hydrogen (secondary N) is 1. The van der Waals surface area contributed by atoms with Crippen molar-refractivity contribution in [2.75, 3.05) is 24.5 Å². The normalized spacial score (nSPS) is 18.0. The first-order valence-electron chi connectivity index (χ1n) is 11.0. The Morgan fingerprint density at radius 1 is 1.03 bits per heavy atom. The lowest BCUT2D eigenvalue weighted by atomic mass is 9.74. The molecule has 5 heterocycles. The average molecular weight is 411 g/mol. The summed E-state index contributed by atoms with van der Waals surface area (Å²) in [7, 11) is 0. The lowest BCUT2D eigenvalue weighted by Gasteiger charge is -2.40. The Morgan fingerprint density at radius 3 is 2.77 bits per heavy atom. The molecule has 6 rings (SSSR count). The van der Waals surface area contributed by atoms with Gasteiger partial charge >= 0.3 is 0 Å². The molecule has 0 aliphatic carbocycles. The summed E-state index contributed by atoms with van der Waals surface area (Å²) >= 11 is 0. The number of likely N-dealkylation sites (tertiary alicyclic amines) is 1. The minimum atomic E-state index is 0.192. The Kier molecular flexibility index (Phi) is 4.28. The minimum absolute atomic E-state index is 0.192. The van der Waals surface area contributed by atoms with Crippen LogP contribution in [0.2, 0.25) is 0 Å².